The number of hydrogen-bond donors (Lipinski definition) is 4. The van der Waals surface area contributed by atoms with Gasteiger partial charge >= 0.3 is 6.36 Å². The molecule has 198 valence electrons. The Kier molecular flexibility index (Phi) is 9.03. The van der Waals surface area contributed by atoms with Crippen molar-refractivity contribution in [2.75, 3.05) is 19.8 Å². The number of aliphatic hydroxyl groups excluding tert-OH is 2. The summed E-state index contributed by atoms with van der Waals surface area (Å²) in [6, 6.07) is 10.1. The maximum Gasteiger partial charge on any atom is 0.573 e. The van der Waals surface area contributed by atoms with Crippen LogP contribution in [0.3, 0.4) is 0 Å². The van der Waals surface area contributed by atoms with E-state index in [2.05, 4.69) is 25.7 Å². The Hall–Kier alpha value is -4.17. The van der Waals surface area contributed by atoms with Crippen molar-refractivity contribution < 1.29 is 42.4 Å². The van der Waals surface area contributed by atoms with E-state index in [1.54, 1.807) is 19.1 Å². The first-order chi connectivity index (χ1) is 17.6. The number of nitrogens with zero attached hydrogens (tertiary/aromatic N) is 3. The summed E-state index contributed by atoms with van der Waals surface area (Å²) < 4.78 is 48.5. The van der Waals surface area contributed by atoms with Crippen molar-refractivity contribution in [3.8, 4) is 17.2 Å². The molecule has 37 heavy (non-hydrogen) atoms. The number of carbonyl (C=O) groups excluding carboxylic acids is 2. The van der Waals surface area contributed by atoms with Crippen molar-refractivity contribution in [1.82, 2.24) is 25.6 Å². The third kappa shape index (κ3) is 7.41. The molecule has 0 spiro atoms. The summed E-state index contributed by atoms with van der Waals surface area (Å²) in [7, 11) is 0. The number of carbonyl (C=O) groups is 2. The Labute approximate surface area is 208 Å². The Morgan fingerprint density at radius 1 is 1.05 bits per heavy atom. The van der Waals surface area contributed by atoms with E-state index >= 15 is 0 Å². The van der Waals surface area contributed by atoms with Crippen molar-refractivity contribution in [3.05, 3.63) is 65.5 Å². The molecule has 0 saturated carbocycles. The largest absolute Gasteiger partial charge is 0.573 e. The fourth-order valence-corrected chi connectivity index (χ4v) is 3.15. The van der Waals surface area contributed by atoms with Gasteiger partial charge in [-0.15, -0.1) is 18.3 Å². The van der Waals surface area contributed by atoms with E-state index in [9.17, 15) is 33.0 Å². The van der Waals surface area contributed by atoms with E-state index in [0.717, 1.165) is 12.1 Å². The summed E-state index contributed by atoms with van der Waals surface area (Å²) in [6.07, 6.45) is -4.89. The van der Waals surface area contributed by atoms with Gasteiger partial charge in [0.2, 0.25) is 0 Å². The predicted molar refractivity (Wildman–Crippen MR) is 122 cm³/mol. The van der Waals surface area contributed by atoms with Crippen molar-refractivity contribution in [1.29, 1.82) is 0 Å². The molecule has 1 heterocycles. The standard InChI is InChI=1S/C23H24F3N5O6/c1-2-27-21(34)14-6-8-16(9-7-14)31-19(20(29-30-31)22(35)28-15(11-32)12-33)13-36-17-4-3-5-18(10-17)37-23(24,25)26/h3-10,15,32-33H,2,11-13H2,1H3,(H,27,34)(H,28,35). The van der Waals surface area contributed by atoms with Crippen molar-refractivity contribution in [3.63, 3.8) is 0 Å². The summed E-state index contributed by atoms with van der Waals surface area (Å²) in [6.45, 7) is 0.808. The Bertz CT molecular complexity index is 1210. The molecular formula is C23H24F3N5O6. The summed E-state index contributed by atoms with van der Waals surface area (Å²) in [5.74, 6) is -1.54. The number of rotatable bonds is 11. The molecule has 3 aromatic rings. The lowest BCUT2D eigenvalue weighted by molar-refractivity contribution is -0.274. The monoisotopic (exact) mass is 523 g/mol. The minimum atomic E-state index is -4.89. The van der Waals surface area contributed by atoms with Crippen LogP contribution in [0.4, 0.5) is 13.2 Å². The average Bonchev–Trinajstić information content (AvgIpc) is 3.29. The molecular weight excluding hydrogens is 499 g/mol. The van der Waals surface area contributed by atoms with Crippen LogP contribution < -0.4 is 20.1 Å². The summed E-state index contributed by atoms with van der Waals surface area (Å²) in [5.41, 5.74) is 0.701. The zero-order valence-corrected chi connectivity index (χ0v) is 19.5. The Morgan fingerprint density at radius 2 is 1.73 bits per heavy atom. The molecule has 14 heteroatoms. The molecule has 0 aliphatic rings. The Morgan fingerprint density at radius 3 is 2.35 bits per heavy atom. The maximum absolute atomic E-state index is 12.8. The molecule has 3 rings (SSSR count). The summed E-state index contributed by atoms with van der Waals surface area (Å²) >= 11 is 0. The highest BCUT2D eigenvalue weighted by atomic mass is 19.4. The highest BCUT2D eigenvalue weighted by Gasteiger charge is 2.31. The van der Waals surface area contributed by atoms with Gasteiger partial charge in [0.25, 0.3) is 11.8 Å². The van der Waals surface area contributed by atoms with Crippen molar-refractivity contribution in [2.45, 2.75) is 25.9 Å². The van der Waals surface area contributed by atoms with Gasteiger partial charge in [-0.3, -0.25) is 9.59 Å². The van der Waals surface area contributed by atoms with Gasteiger partial charge in [-0.05, 0) is 43.3 Å². The van der Waals surface area contributed by atoms with E-state index in [0.29, 0.717) is 17.8 Å². The van der Waals surface area contributed by atoms with Crippen LogP contribution in [0.15, 0.2) is 48.5 Å². The molecule has 11 nitrogen and oxygen atoms in total. The number of ether oxygens (including phenoxy) is 2. The Balaban J connectivity index is 1.91. The molecule has 1 aromatic heterocycles. The van der Waals surface area contributed by atoms with Gasteiger partial charge in [0.1, 0.15) is 23.8 Å². The lowest BCUT2D eigenvalue weighted by Crippen LogP contribution is -2.40. The molecule has 0 radical (unpaired) electrons. The van der Waals surface area contributed by atoms with Crippen molar-refractivity contribution in [2.24, 2.45) is 0 Å². The maximum atomic E-state index is 12.8. The zero-order valence-electron chi connectivity index (χ0n) is 19.5. The normalized spacial score (nSPS) is 11.3. The van der Waals surface area contributed by atoms with E-state index < -0.39 is 37.3 Å². The molecule has 4 N–H and O–H groups in total. The van der Waals surface area contributed by atoms with E-state index in [-0.39, 0.29) is 29.7 Å². The number of alkyl halides is 3. The smallest absolute Gasteiger partial charge is 0.487 e. The minimum Gasteiger partial charge on any atom is -0.487 e. The number of benzene rings is 2. The fourth-order valence-electron chi connectivity index (χ4n) is 3.15. The lowest BCUT2D eigenvalue weighted by Gasteiger charge is -2.14. The number of nitrogens with one attached hydrogen (secondary N) is 2. The third-order valence-corrected chi connectivity index (χ3v) is 4.88. The summed E-state index contributed by atoms with van der Waals surface area (Å²) in [5, 5.41) is 31.5. The van der Waals surface area contributed by atoms with Crippen LogP contribution in [0.25, 0.3) is 5.69 Å². The van der Waals surface area contributed by atoms with Crippen molar-refractivity contribution >= 4 is 11.8 Å². The first-order valence-corrected chi connectivity index (χ1v) is 11.0. The van der Waals surface area contributed by atoms with E-state index in [1.165, 1.54) is 28.9 Å². The second kappa shape index (κ2) is 12.2. The lowest BCUT2D eigenvalue weighted by atomic mass is 10.2. The highest BCUT2D eigenvalue weighted by molar-refractivity contribution is 5.94. The fraction of sp³-hybridized carbons (Fsp3) is 0.304. The van der Waals surface area contributed by atoms with Gasteiger partial charge in [0, 0.05) is 18.2 Å². The van der Waals surface area contributed by atoms with Crippen LogP contribution in [-0.4, -0.2) is 69.2 Å². The molecule has 0 saturated heterocycles. The number of hydrogen-bond acceptors (Lipinski definition) is 8. The molecule has 0 fully saturated rings. The summed E-state index contributed by atoms with van der Waals surface area (Å²) in [4.78, 5) is 24.8. The van der Waals surface area contributed by atoms with Crippen LogP contribution in [-0.2, 0) is 6.61 Å². The molecule has 0 aliphatic heterocycles. The third-order valence-electron chi connectivity index (χ3n) is 4.88. The topological polar surface area (TPSA) is 148 Å². The van der Waals surface area contributed by atoms with E-state index in [4.69, 9.17) is 4.74 Å². The van der Waals surface area contributed by atoms with Gasteiger partial charge < -0.3 is 30.3 Å². The second-order valence-corrected chi connectivity index (χ2v) is 7.55. The number of aliphatic hydroxyl groups is 2. The van der Waals surface area contributed by atoms with Gasteiger partial charge in [-0.1, -0.05) is 11.3 Å². The van der Waals surface area contributed by atoms with Crippen LogP contribution in [0.2, 0.25) is 0 Å². The van der Waals surface area contributed by atoms with Crippen LogP contribution in [0.5, 0.6) is 11.5 Å². The average molecular weight is 523 g/mol. The molecule has 0 aliphatic carbocycles. The quantitative estimate of drug-likeness (QED) is 0.296. The number of aromatic nitrogens is 3. The van der Waals surface area contributed by atoms with Crippen LogP contribution in [0, 0.1) is 0 Å². The molecule has 0 atom stereocenters. The van der Waals surface area contributed by atoms with Gasteiger partial charge in [-0.2, -0.15) is 0 Å². The first-order valence-electron chi connectivity index (χ1n) is 11.0. The highest BCUT2D eigenvalue weighted by Crippen LogP contribution is 2.27. The second-order valence-electron chi connectivity index (χ2n) is 7.55. The predicted octanol–water partition coefficient (Wildman–Crippen LogP) is 1.58. The number of halogens is 3. The molecule has 0 bridgehead atoms. The molecule has 0 unspecified atom stereocenters. The molecule has 2 aromatic carbocycles. The molecule has 2 amide bonds. The van der Waals surface area contributed by atoms with Gasteiger partial charge in [0.15, 0.2) is 5.69 Å². The zero-order chi connectivity index (χ0) is 27.0. The minimum absolute atomic E-state index is 0.0102. The van der Waals surface area contributed by atoms with Gasteiger partial charge in [-0.25, -0.2) is 4.68 Å². The first kappa shape index (κ1) is 27.4. The van der Waals surface area contributed by atoms with E-state index in [1.807, 2.05) is 0 Å². The van der Waals surface area contributed by atoms with Crippen LogP contribution >= 0.6 is 0 Å². The van der Waals surface area contributed by atoms with Crippen LogP contribution in [0.1, 0.15) is 33.5 Å². The van der Waals surface area contributed by atoms with Gasteiger partial charge in [0.05, 0.1) is 24.9 Å². The number of amides is 2. The SMILES string of the molecule is CCNC(=O)c1ccc(-n2nnc(C(=O)NC(CO)CO)c2COc2cccc(OC(F)(F)F)c2)cc1.